The third-order valence-corrected chi connectivity index (χ3v) is 15.8. The van der Waals surface area contributed by atoms with Gasteiger partial charge in [-0.1, -0.05) is 328 Å². The Bertz CT molecular complexity index is 1560. The van der Waals surface area contributed by atoms with E-state index in [-0.39, 0.29) is 38.0 Å². The Balaban J connectivity index is -0.00000120. The predicted octanol–water partition coefficient (Wildman–Crippen LogP) is 19.8. The molecular formula is C72H137N3O8. The first-order chi connectivity index (χ1) is 40.0. The van der Waals surface area contributed by atoms with E-state index in [0.717, 1.165) is 50.5 Å². The Morgan fingerprint density at radius 2 is 0.771 bits per heavy atom. The third kappa shape index (κ3) is 61.9. The number of benzene rings is 1. The lowest BCUT2D eigenvalue weighted by Gasteiger charge is -2.20. The van der Waals surface area contributed by atoms with Gasteiger partial charge in [0.25, 0.3) is 5.69 Å². The van der Waals surface area contributed by atoms with Crippen molar-refractivity contribution in [1.29, 1.82) is 0 Å². The summed E-state index contributed by atoms with van der Waals surface area (Å²) in [6, 6.07) is 5.11. The molecule has 83 heavy (non-hydrogen) atoms. The highest BCUT2D eigenvalue weighted by Crippen LogP contribution is 2.18. The number of non-ortho nitro benzene ring substituents is 1. The standard InChI is InChI=1S/C32H63NO3.C21H33NO3.C18H37NO2.CH4/c1-3-5-7-9-11-13-15-16-18-19-21-23-25-27-31(35)30(29-34)33-32(36)28-26-24-22-20-17-14-12-10-8-6-4-2;1-2-3-4-5-6-7-8-9-10-11-12-13-21(23)18-19-14-16-20(17-15-19)22(24)25;1-2-3-4-5-6-7-8-9-10-11-12-13-14-15-18(21)17(19)16-20;/h25,27,30-31,34-35H,3-24,26,28-29H2,1-2H3,(H,33,36);14-17H,2-13,18H2,1H3;14-15,17-18,20-21H,2-13,16,19H2,1H3;1H4/b27-25+;;15-14+;/t30-,31+;;17-,18+;/m0.0./s1. The Morgan fingerprint density at radius 1 is 0.470 bits per heavy atom. The number of nitrogens with two attached hydrogens (primary N) is 1. The van der Waals surface area contributed by atoms with Crippen molar-refractivity contribution in [2.75, 3.05) is 13.2 Å². The number of unbranched alkanes of at least 4 members (excludes halogenated alkanes) is 42. The van der Waals surface area contributed by atoms with E-state index >= 15 is 0 Å². The van der Waals surface area contributed by atoms with Crippen LogP contribution in [0.15, 0.2) is 48.6 Å². The van der Waals surface area contributed by atoms with E-state index < -0.39 is 29.2 Å². The first kappa shape index (κ1) is 84.2. The van der Waals surface area contributed by atoms with Crippen LogP contribution in [0, 0.1) is 10.1 Å². The number of nitro benzene ring substituents is 1. The van der Waals surface area contributed by atoms with Crippen molar-refractivity contribution >= 4 is 17.4 Å². The van der Waals surface area contributed by atoms with Crippen LogP contribution in [0.5, 0.6) is 0 Å². The second-order valence-corrected chi connectivity index (χ2v) is 23.9. The number of Topliss-reactive ketones (excluding diaryl/α,β-unsaturated/α-hetero) is 1. The van der Waals surface area contributed by atoms with Gasteiger partial charge in [0.05, 0.1) is 42.4 Å². The van der Waals surface area contributed by atoms with E-state index in [4.69, 9.17) is 10.8 Å². The average molecular weight is 1170 g/mol. The van der Waals surface area contributed by atoms with Crippen LogP contribution in [0.25, 0.3) is 0 Å². The number of rotatable bonds is 58. The minimum absolute atomic E-state index is 0. The molecule has 488 valence electrons. The van der Waals surface area contributed by atoms with Crippen LogP contribution in [0.4, 0.5) is 5.69 Å². The number of aliphatic hydroxyl groups is 4. The Hall–Kier alpha value is -2.96. The van der Waals surface area contributed by atoms with Gasteiger partial charge >= 0.3 is 0 Å². The summed E-state index contributed by atoms with van der Waals surface area (Å²) < 4.78 is 0. The maximum atomic E-state index is 12.2. The van der Waals surface area contributed by atoms with Crippen LogP contribution in [-0.2, 0) is 16.0 Å². The van der Waals surface area contributed by atoms with E-state index in [1.54, 1.807) is 24.3 Å². The number of nitrogens with zero attached hydrogens (tertiary/aromatic N) is 1. The molecule has 0 aliphatic carbocycles. The molecule has 0 aliphatic heterocycles. The summed E-state index contributed by atoms with van der Waals surface area (Å²) in [5, 5.41) is 51.7. The molecule has 1 aromatic rings. The zero-order chi connectivity index (χ0) is 60.6. The summed E-state index contributed by atoms with van der Waals surface area (Å²) in [6.07, 6.45) is 66.7. The van der Waals surface area contributed by atoms with E-state index in [9.17, 15) is 35.0 Å². The van der Waals surface area contributed by atoms with Crippen molar-refractivity contribution < 1.29 is 34.9 Å². The van der Waals surface area contributed by atoms with Gasteiger partial charge in [-0.05, 0) is 44.1 Å². The van der Waals surface area contributed by atoms with Crippen LogP contribution < -0.4 is 11.1 Å². The number of carbonyl (C=O) groups excluding carboxylic acids is 2. The van der Waals surface area contributed by atoms with Crippen LogP contribution >= 0.6 is 0 Å². The molecule has 0 unspecified atom stereocenters. The second kappa shape index (κ2) is 68.2. The van der Waals surface area contributed by atoms with Crippen molar-refractivity contribution in [1.82, 2.24) is 5.32 Å². The molecule has 0 spiro atoms. The average Bonchev–Trinajstić information content (AvgIpc) is 3.50. The van der Waals surface area contributed by atoms with Gasteiger partial charge in [-0.2, -0.15) is 0 Å². The highest BCUT2D eigenvalue weighted by atomic mass is 16.6. The topological polar surface area (TPSA) is 196 Å². The van der Waals surface area contributed by atoms with Crippen LogP contribution in [0.3, 0.4) is 0 Å². The first-order valence-corrected chi connectivity index (χ1v) is 34.7. The molecule has 0 bridgehead atoms. The van der Waals surface area contributed by atoms with Gasteiger partial charge in [0.2, 0.25) is 5.91 Å². The normalized spacial score (nSPS) is 12.7. The fourth-order valence-corrected chi connectivity index (χ4v) is 10.2. The summed E-state index contributed by atoms with van der Waals surface area (Å²) in [6.45, 7) is 8.61. The van der Waals surface area contributed by atoms with E-state index in [0.29, 0.717) is 19.3 Å². The number of hydrogen-bond acceptors (Lipinski definition) is 9. The fraction of sp³-hybridized carbons (Fsp3) is 0.833. The summed E-state index contributed by atoms with van der Waals surface area (Å²) in [5.41, 5.74) is 6.44. The van der Waals surface area contributed by atoms with Crippen molar-refractivity contribution in [2.45, 2.75) is 374 Å². The molecule has 0 saturated carbocycles. The maximum Gasteiger partial charge on any atom is 0.269 e. The van der Waals surface area contributed by atoms with Crippen molar-refractivity contribution in [3.63, 3.8) is 0 Å². The minimum Gasteiger partial charge on any atom is -0.395 e. The molecule has 0 radical (unpaired) electrons. The minimum atomic E-state index is -0.830. The van der Waals surface area contributed by atoms with E-state index in [1.165, 1.54) is 263 Å². The van der Waals surface area contributed by atoms with Gasteiger partial charge in [0.15, 0.2) is 0 Å². The summed E-state index contributed by atoms with van der Waals surface area (Å²) in [7, 11) is 0. The maximum absolute atomic E-state index is 12.2. The highest BCUT2D eigenvalue weighted by Gasteiger charge is 2.18. The van der Waals surface area contributed by atoms with Gasteiger partial charge in [0, 0.05) is 31.4 Å². The molecule has 1 rings (SSSR count). The number of nitro groups is 1. The summed E-state index contributed by atoms with van der Waals surface area (Å²) in [4.78, 5) is 34.3. The lowest BCUT2D eigenvalue weighted by Crippen LogP contribution is -2.45. The van der Waals surface area contributed by atoms with Crippen LogP contribution in [0.2, 0.25) is 0 Å². The number of allylic oxidation sites excluding steroid dienone is 2. The zero-order valence-electron chi connectivity index (χ0n) is 53.9. The molecule has 11 heteroatoms. The highest BCUT2D eigenvalue weighted by molar-refractivity contribution is 5.80. The molecule has 0 saturated heterocycles. The molecule has 0 aromatic heterocycles. The second-order valence-electron chi connectivity index (χ2n) is 23.9. The SMILES string of the molecule is C.CCCCCCCCCCCCC/C=C/[C@@H](O)[C@@H](N)CO.CCCCCCCCCCCCC/C=C/[C@@H](O)[C@H](CO)NC(=O)CCCCCCCCCCCCC.CCCCCCCCCCCCCC(=O)Cc1ccc([N+](=O)[O-])cc1. The monoisotopic (exact) mass is 1170 g/mol. The molecule has 11 nitrogen and oxygen atoms in total. The molecule has 0 fully saturated rings. The van der Waals surface area contributed by atoms with Gasteiger partial charge in [0.1, 0.15) is 5.78 Å². The lowest BCUT2D eigenvalue weighted by atomic mass is 10.0. The summed E-state index contributed by atoms with van der Waals surface area (Å²) >= 11 is 0. The molecule has 0 aliphatic rings. The number of carbonyl (C=O) groups is 2. The zero-order valence-corrected chi connectivity index (χ0v) is 53.9. The smallest absolute Gasteiger partial charge is 0.269 e. The van der Waals surface area contributed by atoms with Crippen molar-refractivity contribution in [3.8, 4) is 0 Å². The van der Waals surface area contributed by atoms with Gasteiger partial charge < -0.3 is 31.5 Å². The fourth-order valence-electron chi connectivity index (χ4n) is 10.2. The largest absolute Gasteiger partial charge is 0.395 e. The molecular weight excluding hydrogens is 1030 g/mol. The first-order valence-electron chi connectivity index (χ1n) is 34.7. The lowest BCUT2D eigenvalue weighted by molar-refractivity contribution is -0.384. The Kier molecular flexibility index (Phi) is 69.2. The van der Waals surface area contributed by atoms with Gasteiger partial charge in [-0.25, -0.2) is 0 Å². The van der Waals surface area contributed by atoms with Crippen molar-refractivity contribution in [3.05, 3.63) is 64.2 Å². The van der Waals surface area contributed by atoms with E-state index in [1.807, 2.05) is 12.2 Å². The number of aliphatic hydroxyl groups excluding tert-OH is 4. The molecule has 1 amide bonds. The quantitative estimate of drug-likeness (QED) is 0.0159. The van der Waals surface area contributed by atoms with Gasteiger partial charge in [-0.15, -0.1) is 0 Å². The Morgan fingerprint density at radius 3 is 1.08 bits per heavy atom. The number of amides is 1. The number of nitrogens with one attached hydrogen (secondary N) is 1. The molecule has 7 N–H and O–H groups in total. The number of ketones is 1. The number of hydrogen-bond donors (Lipinski definition) is 6. The van der Waals surface area contributed by atoms with Crippen LogP contribution in [-0.4, -0.2) is 74.5 Å². The van der Waals surface area contributed by atoms with Crippen LogP contribution in [0.1, 0.15) is 349 Å². The van der Waals surface area contributed by atoms with Crippen molar-refractivity contribution in [2.24, 2.45) is 5.73 Å². The third-order valence-electron chi connectivity index (χ3n) is 15.8. The van der Waals surface area contributed by atoms with Gasteiger partial charge in [-0.3, -0.25) is 19.7 Å². The van der Waals surface area contributed by atoms with E-state index in [2.05, 4.69) is 33.0 Å². The molecule has 1 aromatic carbocycles. The Labute approximate surface area is 512 Å². The predicted molar refractivity (Wildman–Crippen MR) is 357 cm³/mol. The summed E-state index contributed by atoms with van der Waals surface area (Å²) in [5.74, 6) is 0.160. The molecule has 4 atom stereocenters. The molecule has 0 heterocycles.